The molecule has 0 saturated heterocycles. The summed E-state index contributed by atoms with van der Waals surface area (Å²) in [6.45, 7) is -3.16. The molecule has 0 unspecified atom stereocenters. The van der Waals surface area contributed by atoms with Gasteiger partial charge in [-0.1, -0.05) is 17.7 Å². The minimum absolute atomic E-state index is 0.0289. The fourth-order valence-corrected chi connectivity index (χ4v) is 1.42. The van der Waals surface area contributed by atoms with E-state index in [4.69, 9.17) is 22.0 Å². The maximum Gasteiger partial charge on any atom is 0.387 e. The van der Waals surface area contributed by atoms with E-state index in [0.29, 0.717) is 0 Å². The zero-order valence-corrected chi connectivity index (χ0v) is 9.04. The Kier molecular flexibility index (Phi) is 4.24. The highest BCUT2D eigenvalue weighted by atomic mass is 35.5. The number of halogens is 3. The number of rotatable bonds is 4. The lowest BCUT2D eigenvalue weighted by Gasteiger charge is -2.11. The monoisotopic (exact) mass is 261 g/mol. The molecule has 0 fully saturated rings. The van der Waals surface area contributed by atoms with Gasteiger partial charge in [0.25, 0.3) is 0 Å². The minimum Gasteiger partial charge on any atom is -0.481 e. The van der Waals surface area contributed by atoms with Gasteiger partial charge in [0.2, 0.25) is 0 Å². The van der Waals surface area contributed by atoms with E-state index in [1.54, 1.807) is 6.07 Å². The second-order valence-corrected chi connectivity index (χ2v) is 3.38. The Morgan fingerprint density at radius 2 is 2.24 bits per heavy atom. The first-order valence-electron chi connectivity index (χ1n) is 4.33. The number of carboxylic acids is 1. The van der Waals surface area contributed by atoms with Crippen molar-refractivity contribution >= 4 is 17.6 Å². The summed E-state index contributed by atoms with van der Waals surface area (Å²) in [5, 5.41) is 17.3. The van der Waals surface area contributed by atoms with Gasteiger partial charge in [-0.05, 0) is 6.07 Å². The SMILES string of the molecule is N#Cc1c(Cl)ccc(CC(=O)O)c1OC(F)F. The normalized spacial score (nSPS) is 10.1. The summed E-state index contributed by atoms with van der Waals surface area (Å²) in [7, 11) is 0. The van der Waals surface area contributed by atoms with Crippen LogP contribution >= 0.6 is 11.6 Å². The van der Waals surface area contributed by atoms with Crippen LogP contribution < -0.4 is 4.74 Å². The van der Waals surface area contributed by atoms with Crippen LogP contribution in [0.2, 0.25) is 5.02 Å². The first-order chi connectivity index (χ1) is 7.95. The fourth-order valence-electron chi connectivity index (χ4n) is 1.23. The molecule has 0 atom stereocenters. The minimum atomic E-state index is -3.16. The van der Waals surface area contributed by atoms with Crippen molar-refractivity contribution in [3.63, 3.8) is 0 Å². The number of ether oxygens (including phenoxy) is 1. The number of carboxylic acid groups (broad SMARTS) is 1. The van der Waals surface area contributed by atoms with E-state index >= 15 is 0 Å². The summed E-state index contributed by atoms with van der Waals surface area (Å²) in [6, 6.07) is 4.09. The number of nitrogens with zero attached hydrogens (tertiary/aromatic N) is 1. The van der Waals surface area contributed by atoms with Crippen molar-refractivity contribution < 1.29 is 23.4 Å². The maximum atomic E-state index is 12.2. The Balaban J connectivity index is 3.30. The second-order valence-electron chi connectivity index (χ2n) is 2.97. The van der Waals surface area contributed by atoms with Crippen LogP contribution in [0.5, 0.6) is 5.75 Å². The topological polar surface area (TPSA) is 70.3 Å². The lowest BCUT2D eigenvalue weighted by Crippen LogP contribution is -2.09. The van der Waals surface area contributed by atoms with E-state index in [-0.39, 0.29) is 16.1 Å². The van der Waals surface area contributed by atoms with Gasteiger partial charge in [-0.3, -0.25) is 4.79 Å². The summed E-state index contributed by atoms with van der Waals surface area (Å²) in [5.41, 5.74) is -0.329. The van der Waals surface area contributed by atoms with E-state index in [1.807, 2.05) is 0 Å². The van der Waals surface area contributed by atoms with E-state index in [1.165, 1.54) is 12.1 Å². The quantitative estimate of drug-likeness (QED) is 0.904. The Labute approximate surface area is 100.0 Å². The average Bonchev–Trinajstić information content (AvgIpc) is 2.21. The first-order valence-corrected chi connectivity index (χ1v) is 4.71. The Hall–Kier alpha value is -1.87. The molecule has 1 aromatic carbocycles. The molecule has 0 amide bonds. The summed E-state index contributed by atoms with van der Waals surface area (Å²) >= 11 is 5.63. The predicted molar refractivity (Wildman–Crippen MR) is 54.1 cm³/mol. The van der Waals surface area contributed by atoms with Crippen LogP contribution in [0.1, 0.15) is 11.1 Å². The van der Waals surface area contributed by atoms with Crippen molar-refractivity contribution in [1.82, 2.24) is 0 Å². The van der Waals surface area contributed by atoms with Crippen molar-refractivity contribution in [3.8, 4) is 11.8 Å². The maximum absolute atomic E-state index is 12.2. The Bertz CT molecular complexity index is 485. The molecule has 4 nitrogen and oxygen atoms in total. The van der Waals surface area contributed by atoms with Crippen LogP contribution in [-0.4, -0.2) is 17.7 Å². The fraction of sp³-hybridized carbons (Fsp3) is 0.200. The molecule has 0 saturated carbocycles. The van der Waals surface area contributed by atoms with Crippen molar-refractivity contribution in [3.05, 3.63) is 28.3 Å². The zero-order valence-electron chi connectivity index (χ0n) is 8.28. The Morgan fingerprint density at radius 1 is 1.59 bits per heavy atom. The number of hydrogen-bond donors (Lipinski definition) is 1. The molecular weight excluding hydrogens is 256 g/mol. The summed E-state index contributed by atoms with van der Waals surface area (Å²) in [4.78, 5) is 10.5. The van der Waals surface area contributed by atoms with Crippen molar-refractivity contribution in [2.75, 3.05) is 0 Å². The predicted octanol–water partition coefficient (Wildman–Crippen LogP) is 2.44. The number of benzene rings is 1. The molecular formula is C10H6ClF2NO3. The molecule has 7 heteroatoms. The highest BCUT2D eigenvalue weighted by Crippen LogP contribution is 2.31. The van der Waals surface area contributed by atoms with Gasteiger partial charge < -0.3 is 9.84 Å². The van der Waals surface area contributed by atoms with Crippen LogP contribution in [0, 0.1) is 11.3 Å². The van der Waals surface area contributed by atoms with Crippen LogP contribution in [0.4, 0.5) is 8.78 Å². The molecule has 1 rings (SSSR count). The van der Waals surface area contributed by atoms with Crippen LogP contribution in [0.25, 0.3) is 0 Å². The number of nitriles is 1. The highest BCUT2D eigenvalue weighted by molar-refractivity contribution is 6.32. The standard InChI is InChI=1S/C10H6ClF2NO3/c11-7-2-1-5(3-8(15)16)9(6(7)4-14)17-10(12)13/h1-2,10H,3H2,(H,15,16). The molecule has 0 heterocycles. The largest absolute Gasteiger partial charge is 0.481 e. The molecule has 1 N–H and O–H groups in total. The van der Waals surface area contributed by atoms with E-state index in [2.05, 4.69) is 4.74 Å². The van der Waals surface area contributed by atoms with Gasteiger partial charge in [-0.25, -0.2) is 0 Å². The van der Waals surface area contributed by atoms with Gasteiger partial charge in [0.1, 0.15) is 17.4 Å². The number of alkyl halides is 2. The number of carbonyl (C=O) groups is 1. The number of hydrogen-bond acceptors (Lipinski definition) is 3. The smallest absolute Gasteiger partial charge is 0.387 e. The summed E-state index contributed by atoms with van der Waals surface area (Å²) in [6.07, 6.45) is -0.534. The van der Waals surface area contributed by atoms with Crippen LogP contribution in [0.15, 0.2) is 12.1 Å². The number of aliphatic carboxylic acids is 1. The van der Waals surface area contributed by atoms with Gasteiger partial charge in [-0.15, -0.1) is 0 Å². The summed E-state index contributed by atoms with van der Waals surface area (Å²) in [5.74, 6) is -1.72. The third-order valence-electron chi connectivity index (χ3n) is 1.85. The van der Waals surface area contributed by atoms with Crippen molar-refractivity contribution in [2.24, 2.45) is 0 Å². The van der Waals surface area contributed by atoms with Crippen LogP contribution in [-0.2, 0) is 11.2 Å². The van der Waals surface area contributed by atoms with Crippen molar-refractivity contribution in [1.29, 1.82) is 5.26 Å². The second kappa shape index (κ2) is 5.46. The molecule has 0 spiro atoms. The van der Waals surface area contributed by atoms with Gasteiger partial charge >= 0.3 is 12.6 Å². The highest BCUT2D eigenvalue weighted by Gasteiger charge is 2.19. The lowest BCUT2D eigenvalue weighted by atomic mass is 10.1. The lowest BCUT2D eigenvalue weighted by molar-refractivity contribution is -0.136. The van der Waals surface area contributed by atoms with Gasteiger partial charge in [0.05, 0.1) is 11.4 Å². The van der Waals surface area contributed by atoms with Gasteiger partial charge in [0.15, 0.2) is 0 Å². The molecule has 90 valence electrons. The van der Waals surface area contributed by atoms with Crippen molar-refractivity contribution in [2.45, 2.75) is 13.0 Å². The zero-order chi connectivity index (χ0) is 13.0. The molecule has 0 aromatic heterocycles. The average molecular weight is 262 g/mol. The third kappa shape index (κ3) is 3.29. The van der Waals surface area contributed by atoms with Crippen LogP contribution in [0.3, 0.4) is 0 Å². The molecule has 1 aromatic rings. The molecule has 0 aliphatic carbocycles. The van der Waals surface area contributed by atoms with E-state index in [0.717, 1.165) is 0 Å². The van der Waals surface area contributed by atoms with Gasteiger partial charge in [-0.2, -0.15) is 14.0 Å². The summed E-state index contributed by atoms with van der Waals surface area (Å²) < 4.78 is 28.5. The third-order valence-corrected chi connectivity index (χ3v) is 2.16. The van der Waals surface area contributed by atoms with E-state index < -0.39 is 24.8 Å². The first kappa shape index (κ1) is 13.2. The molecule has 0 aliphatic heterocycles. The molecule has 0 bridgehead atoms. The van der Waals surface area contributed by atoms with Gasteiger partial charge in [0, 0.05) is 5.56 Å². The molecule has 0 aliphatic rings. The molecule has 0 radical (unpaired) electrons. The Morgan fingerprint density at radius 3 is 2.71 bits per heavy atom. The molecule has 17 heavy (non-hydrogen) atoms. The van der Waals surface area contributed by atoms with E-state index in [9.17, 15) is 13.6 Å².